The minimum atomic E-state index is -0.612. The van der Waals surface area contributed by atoms with E-state index in [1.165, 1.54) is 24.0 Å². The number of thiazole rings is 1. The zero-order chi connectivity index (χ0) is 29.6. The highest BCUT2D eigenvalue weighted by Crippen LogP contribution is 2.33. The monoisotopic (exact) mass is 609 g/mol. The largest absolute Gasteiger partial charge is 0.390 e. The first-order valence-corrected chi connectivity index (χ1v) is 17.0. The van der Waals surface area contributed by atoms with Gasteiger partial charge in [-0.15, -0.1) is 11.3 Å². The molecule has 0 spiro atoms. The topological polar surface area (TPSA) is 97.7 Å². The number of carbonyl (C=O) groups is 1. The van der Waals surface area contributed by atoms with E-state index in [0.29, 0.717) is 36.5 Å². The molecule has 2 atom stereocenters. The number of aliphatic hydroxyl groups is 1. The number of fused-ring (bicyclic) bond motifs is 2. The third-order valence-electron chi connectivity index (χ3n) is 9.95. The maximum Gasteiger partial charge on any atom is 0.272 e. The van der Waals surface area contributed by atoms with Gasteiger partial charge in [0.25, 0.3) is 5.91 Å². The Balaban J connectivity index is 1.02. The summed E-state index contributed by atoms with van der Waals surface area (Å²) in [7, 11) is 0. The number of anilines is 1. The molecule has 8 rings (SSSR count). The summed E-state index contributed by atoms with van der Waals surface area (Å²) in [5, 5.41) is 15.0. The number of nitrogens with one attached hydrogen (secondary N) is 1. The van der Waals surface area contributed by atoms with Crippen molar-refractivity contribution in [3.05, 3.63) is 70.9 Å². The summed E-state index contributed by atoms with van der Waals surface area (Å²) in [5.74, 6) is 1.07. The Morgan fingerprint density at radius 2 is 1.75 bits per heavy atom. The van der Waals surface area contributed by atoms with Gasteiger partial charge in [0.1, 0.15) is 11.5 Å². The highest BCUT2D eigenvalue weighted by Gasteiger charge is 2.36. The van der Waals surface area contributed by atoms with Gasteiger partial charge >= 0.3 is 0 Å². The molecule has 0 unspecified atom stereocenters. The van der Waals surface area contributed by atoms with Gasteiger partial charge in [0.15, 0.2) is 5.82 Å². The number of aromatic nitrogens is 3. The number of benzene rings is 2. The zero-order valence-corrected chi connectivity index (χ0v) is 25.8. The fourth-order valence-corrected chi connectivity index (χ4v) is 8.16. The summed E-state index contributed by atoms with van der Waals surface area (Å²) < 4.78 is 1.01. The van der Waals surface area contributed by atoms with E-state index < -0.39 is 6.10 Å². The van der Waals surface area contributed by atoms with Gasteiger partial charge in [0.05, 0.1) is 21.8 Å². The average Bonchev–Trinajstić information content (AvgIpc) is 3.80. The third-order valence-corrected chi connectivity index (χ3v) is 10.8. The quantitative estimate of drug-likeness (QED) is 0.332. The van der Waals surface area contributed by atoms with Crippen LogP contribution in [0, 0.1) is 0 Å². The van der Waals surface area contributed by atoms with Crippen molar-refractivity contribution >= 4 is 33.3 Å². The molecule has 5 heterocycles. The van der Waals surface area contributed by atoms with Gasteiger partial charge in [0.2, 0.25) is 0 Å². The van der Waals surface area contributed by atoms with Crippen LogP contribution in [-0.4, -0.2) is 97.6 Å². The van der Waals surface area contributed by atoms with Crippen molar-refractivity contribution in [1.29, 1.82) is 0 Å². The van der Waals surface area contributed by atoms with Crippen molar-refractivity contribution < 1.29 is 9.90 Å². The van der Waals surface area contributed by atoms with Crippen LogP contribution in [0.4, 0.5) is 5.82 Å². The molecule has 0 radical (unpaired) electrons. The van der Waals surface area contributed by atoms with Crippen LogP contribution in [-0.2, 0) is 13.0 Å². The van der Waals surface area contributed by atoms with Crippen molar-refractivity contribution in [2.45, 2.75) is 69.3 Å². The maximum atomic E-state index is 14.0. The molecule has 1 amide bonds. The van der Waals surface area contributed by atoms with Crippen molar-refractivity contribution in [3.8, 4) is 11.4 Å². The van der Waals surface area contributed by atoms with Crippen molar-refractivity contribution in [2.24, 2.45) is 0 Å². The van der Waals surface area contributed by atoms with E-state index in [-0.39, 0.29) is 11.9 Å². The second-order valence-electron chi connectivity index (χ2n) is 12.8. The lowest BCUT2D eigenvalue weighted by molar-refractivity contribution is -0.0139. The molecule has 2 saturated heterocycles. The molecule has 9 nitrogen and oxygen atoms in total. The lowest BCUT2D eigenvalue weighted by atomic mass is 9.94. The van der Waals surface area contributed by atoms with Crippen LogP contribution in [0.2, 0.25) is 0 Å². The Labute approximate surface area is 261 Å². The highest BCUT2D eigenvalue weighted by atomic mass is 32.1. The first-order chi connectivity index (χ1) is 21.6. The van der Waals surface area contributed by atoms with E-state index in [0.717, 1.165) is 73.7 Å². The number of amides is 1. The SMILES string of the molecule is O=C(c1cc(NC2CCN(C3CC3)CC2)nc(-c2cccc3ncsc23)n1)N1CC[C@@H](N2CCc3ccccc3C2)[C@H](O)C1. The molecule has 4 aliphatic rings. The highest BCUT2D eigenvalue weighted by molar-refractivity contribution is 7.17. The predicted molar refractivity (Wildman–Crippen MR) is 173 cm³/mol. The first-order valence-electron chi connectivity index (χ1n) is 16.1. The van der Waals surface area contributed by atoms with Gasteiger partial charge in [-0.1, -0.05) is 30.3 Å². The van der Waals surface area contributed by atoms with Crippen LogP contribution >= 0.6 is 11.3 Å². The third kappa shape index (κ3) is 5.60. The Bertz CT molecular complexity index is 1660. The molecule has 3 fully saturated rings. The molecule has 0 bridgehead atoms. The number of aliphatic hydroxyl groups excluding tert-OH is 1. The van der Waals surface area contributed by atoms with E-state index in [2.05, 4.69) is 44.4 Å². The summed E-state index contributed by atoms with van der Waals surface area (Å²) in [6, 6.07) is 17.5. The Morgan fingerprint density at radius 1 is 0.909 bits per heavy atom. The lowest BCUT2D eigenvalue weighted by Gasteiger charge is -2.43. The second kappa shape index (κ2) is 11.8. The lowest BCUT2D eigenvalue weighted by Crippen LogP contribution is -2.56. The Kier molecular flexibility index (Phi) is 7.54. The molecule has 2 aromatic carbocycles. The summed E-state index contributed by atoms with van der Waals surface area (Å²) >= 11 is 1.56. The van der Waals surface area contributed by atoms with Gasteiger partial charge in [-0.25, -0.2) is 15.0 Å². The summed E-state index contributed by atoms with van der Waals surface area (Å²) in [6.45, 7) is 4.86. The minimum absolute atomic E-state index is 0.0380. The van der Waals surface area contributed by atoms with E-state index >= 15 is 0 Å². The number of carbonyl (C=O) groups excluding carboxylic acids is 1. The fraction of sp³-hybridized carbons (Fsp3) is 0.471. The Hall–Kier alpha value is -3.44. The van der Waals surface area contributed by atoms with Crippen LogP contribution in [0.5, 0.6) is 0 Å². The number of hydrogen-bond donors (Lipinski definition) is 2. The number of piperidine rings is 2. The van der Waals surface area contributed by atoms with E-state index in [1.807, 2.05) is 29.8 Å². The molecule has 3 aliphatic heterocycles. The van der Waals surface area contributed by atoms with Crippen LogP contribution in [0.25, 0.3) is 21.6 Å². The standard InChI is InChI=1S/C34H39N7O2S/c42-30-20-41(17-13-29(30)40-14-10-22-4-1-2-5-23(22)19-40)34(43)28-18-31(36-24-11-15-39(16-12-24)25-8-9-25)38-33(37-28)26-6-3-7-27-32(26)44-21-35-27/h1-7,18,21,24-25,29-30,42H,8-17,19-20H2,(H,36,37,38)/t29-,30-/m1/s1. The fourth-order valence-electron chi connectivity index (χ4n) is 7.36. The molecule has 4 aromatic rings. The number of rotatable bonds is 6. The van der Waals surface area contributed by atoms with E-state index in [4.69, 9.17) is 9.97 Å². The summed E-state index contributed by atoms with van der Waals surface area (Å²) in [4.78, 5) is 35.1. The van der Waals surface area contributed by atoms with Crippen molar-refractivity contribution in [2.75, 3.05) is 38.0 Å². The average molecular weight is 610 g/mol. The normalized spacial score (nSPS) is 23.5. The van der Waals surface area contributed by atoms with Crippen molar-refractivity contribution in [1.82, 2.24) is 29.7 Å². The molecular formula is C34H39N7O2S. The molecule has 1 aliphatic carbocycles. The molecule has 44 heavy (non-hydrogen) atoms. The van der Waals surface area contributed by atoms with Gasteiger partial charge in [0, 0.05) is 69.0 Å². The van der Waals surface area contributed by atoms with Gasteiger partial charge in [-0.2, -0.15) is 0 Å². The number of likely N-dealkylation sites (tertiary alicyclic amines) is 2. The van der Waals surface area contributed by atoms with Crippen LogP contribution in [0.1, 0.15) is 53.7 Å². The molecular weight excluding hydrogens is 570 g/mol. The second-order valence-corrected chi connectivity index (χ2v) is 13.7. The molecule has 228 valence electrons. The van der Waals surface area contributed by atoms with Crippen molar-refractivity contribution in [3.63, 3.8) is 0 Å². The molecule has 1 saturated carbocycles. The van der Waals surface area contributed by atoms with E-state index in [1.54, 1.807) is 16.2 Å². The van der Waals surface area contributed by atoms with E-state index in [9.17, 15) is 9.90 Å². The maximum absolute atomic E-state index is 14.0. The summed E-state index contributed by atoms with van der Waals surface area (Å²) in [6.07, 6.45) is 5.90. The summed E-state index contributed by atoms with van der Waals surface area (Å²) in [5.41, 5.74) is 6.73. The minimum Gasteiger partial charge on any atom is -0.390 e. The predicted octanol–water partition coefficient (Wildman–Crippen LogP) is 4.43. The number of β-amino-alcohol motifs (C(OH)–C–C–N with tert-alkyl or cyclic N) is 1. The van der Waals surface area contributed by atoms with Gasteiger partial charge < -0.3 is 20.2 Å². The van der Waals surface area contributed by atoms with Crippen LogP contribution in [0.15, 0.2) is 54.0 Å². The van der Waals surface area contributed by atoms with Crippen LogP contribution < -0.4 is 5.32 Å². The van der Waals surface area contributed by atoms with Gasteiger partial charge in [-0.3, -0.25) is 9.69 Å². The molecule has 2 N–H and O–H groups in total. The number of hydrogen-bond acceptors (Lipinski definition) is 9. The Morgan fingerprint density at radius 3 is 2.57 bits per heavy atom. The first kappa shape index (κ1) is 28.1. The molecule has 2 aromatic heterocycles. The van der Waals surface area contributed by atoms with Crippen LogP contribution in [0.3, 0.4) is 0 Å². The molecule has 10 heteroatoms. The zero-order valence-electron chi connectivity index (χ0n) is 24.9. The van der Waals surface area contributed by atoms with Gasteiger partial charge in [-0.05, 0) is 61.8 Å². The number of nitrogens with zero attached hydrogens (tertiary/aromatic N) is 6. The smallest absolute Gasteiger partial charge is 0.272 e.